The number of hydrogen-bond acceptors (Lipinski definition) is 2. The Morgan fingerprint density at radius 2 is 1.74 bits per heavy atom. The SMILES string of the molecule is CN(Cc1ccccc1F)C(=O)C1CCN(C(=O)c2ccc(Cl)cc2)CC1. The molecule has 0 radical (unpaired) electrons. The number of amides is 2. The minimum absolute atomic E-state index is 0.00292. The Kier molecular flexibility index (Phi) is 6.11. The molecule has 0 unspecified atom stereocenters. The van der Waals surface area contributed by atoms with Gasteiger partial charge >= 0.3 is 0 Å². The van der Waals surface area contributed by atoms with Gasteiger partial charge in [0.25, 0.3) is 5.91 Å². The first kappa shape index (κ1) is 19.4. The summed E-state index contributed by atoms with van der Waals surface area (Å²) in [6.07, 6.45) is 1.22. The van der Waals surface area contributed by atoms with Crippen LogP contribution < -0.4 is 0 Å². The zero-order valence-corrected chi connectivity index (χ0v) is 16.0. The zero-order chi connectivity index (χ0) is 19.4. The summed E-state index contributed by atoms with van der Waals surface area (Å²) in [5, 5.41) is 0.591. The van der Waals surface area contributed by atoms with E-state index in [1.54, 1.807) is 59.3 Å². The molecule has 2 amide bonds. The van der Waals surface area contributed by atoms with Crippen LogP contribution in [0.15, 0.2) is 48.5 Å². The molecule has 1 aliphatic heterocycles. The Labute approximate surface area is 163 Å². The Bertz CT molecular complexity index is 817. The molecule has 0 saturated carbocycles. The number of benzene rings is 2. The molecule has 0 aromatic heterocycles. The van der Waals surface area contributed by atoms with Crippen LogP contribution in [-0.2, 0) is 11.3 Å². The first-order chi connectivity index (χ1) is 13.0. The minimum atomic E-state index is -0.305. The maximum absolute atomic E-state index is 13.8. The Morgan fingerprint density at radius 3 is 2.37 bits per heavy atom. The molecule has 27 heavy (non-hydrogen) atoms. The van der Waals surface area contributed by atoms with Gasteiger partial charge in [0, 0.05) is 48.7 Å². The lowest BCUT2D eigenvalue weighted by molar-refractivity contribution is -0.136. The van der Waals surface area contributed by atoms with Gasteiger partial charge in [-0.1, -0.05) is 29.8 Å². The monoisotopic (exact) mass is 388 g/mol. The third-order valence-corrected chi connectivity index (χ3v) is 5.22. The van der Waals surface area contributed by atoms with Gasteiger partial charge < -0.3 is 9.80 Å². The van der Waals surface area contributed by atoms with Gasteiger partial charge in [-0.3, -0.25) is 9.59 Å². The number of carbonyl (C=O) groups excluding carboxylic acids is 2. The summed E-state index contributed by atoms with van der Waals surface area (Å²) in [6.45, 7) is 1.31. The molecule has 0 spiro atoms. The van der Waals surface area contributed by atoms with Gasteiger partial charge in [0.2, 0.25) is 5.91 Å². The fourth-order valence-electron chi connectivity index (χ4n) is 3.38. The highest BCUT2D eigenvalue weighted by Gasteiger charge is 2.29. The highest BCUT2D eigenvalue weighted by atomic mass is 35.5. The van der Waals surface area contributed by atoms with Crippen LogP contribution in [0.1, 0.15) is 28.8 Å². The molecule has 4 nitrogen and oxygen atoms in total. The van der Waals surface area contributed by atoms with Crippen molar-refractivity contribution in [3.8, 4) is 0 Å². The lowest BCUT2D eigenvalue weighted by Crippen LogP contribution is -2.43. The highest BCUT2D eigenvalue weighted by molar-refractivity contribution is 6.30. The molecular weight excluding hydrogens is 367 g/mol. The second-order valence-electron chi connectivity index (χ2n) is 6.86. The van der Waals surface area contributed by atoms with Crippen molar-refractivity contribution in [1.82, 2.24) is 9.80 Å². The van der Waals surface area contributed by atoms with Crippen LogP contribution in [0.4, 0.5) is 4.39 Å². The number of carbonyl (C=O) groups is 2. The predicted octanol–water partition coefficient (Wildman–Crippen LogP) is 3.99. The number of likely N-dealkylation sites (tertiary alicyclic amines) is 1. The Hall–Kier alpha value is -2.40. The highest BCUT2D eigenvalue weighted by Crippen LogP contribution is 2.22. The smallest absolute Gasteiger partial charge is 0.253 e. The van der Waals surface area contributed by atoms with Crippen LogP contribution in [-0.4, -0.2) is 41.8 Å². The molecular formula is C21H22ClFN2O2. The Morgan fingerprint density at radius 1 is 1.11 bits per heavy atom. The van der Waals surface area contributed by atoms with Crippen molar-refractivity contribution in [2.45, 2.75) is 19.4 Å². The van der Waals surface area contributed by atoms with E-state index in [9.17, 15) is 14.0 Å². The van der Waals surface area contributed by atoms with Gasteiger partial charge in [0.05, 0.1) is 0 Å². The standard InChI is InChI=1S/C21H22ClFN2O2/c1-24(14-17-4-2-3-5-19(17)23)20(26)16-10-12-25(13-11-16)21(27)15-6-8-18(22)9-7-15/h2-9,16H,10-14H2,1H3. The van der Waals surface area contributed by atoms with Crippen molar-refractivity contribution >= 4 is 23.4 Å². The molecule has 1 heterocycles. The normalized spacial score (nSPS) is 14.9. The van der Waals surface area contributed by atoms with Gasteiger partial charge in [-0.2, -0.15) is 0 Å². The molecule has 3 rings (SSSR count). The number of rotatable bonds is 4. The number of piperidine rings is 1. The van der Waals surface area contributed by atoms with Crippen LogP contribution in [0.2, 0.25) is 5.02 Å². The molecule has 2 aromatic rings. The topological polar surface area (TPSA) is 40.6 Å². The molecule has 2 aromatic carbocycles. The van der Waals surface area contributed by atoms with Crippen LogP contribution in [0.25, 0.3) is 0 Å². The van der Waals surface area contributed by atoms with E-state index >= 15 is 0 Å². The zero-order valence-electron chi connectivity index (χ0n) is 15.2. The fraction of sp³-hybridized carbons (Fsp3) is 0.333. The van der Waals surface area contributed by atoms with Crippen LogP contribution >= 0.6 is 11.6 Å². The van der Waals surface area contributed by atoms with Crippen molar-refractivity contribution in [2.75, 3.05) is 20.1 Å². The molecule has 1 saturated heterocycles. The molecule has 0 atom stereocenters. The fourth-order valence-corrected chi connectivity index (χ4v) is 3.50. The Balaban J connectivity index is 1.55. The summed E-state index contributed by atoms with van der Waals surface area (Å²) in [4.78, 5) is 28.6. The van der Waals surface area contributed by atoms with Crippen molar-refractivity contribution in [3.63, 3.8) is 0 Å². The molecule has 0 N–H and O–H groups in total. The molecule has 6 heteroatoms. The van der Waals surface area contributed by atoms with E-state index in [1.165, 1.54) is 6.07 Å². The number of hydrogen-bond donors (Lipinski definition) is 0. The van der Waals surface area contributed by atoms with Crippen LogP contribution in [0.3, 0.4) is 0 Å². The summed E-state index contributed by atoms with van der Waals surface area (Å²) in [5.74, 6) is -0.495. The number of nitrogens with zero attached hydrogens (tertiary/aromatic N) is 2. The van der Waals surface area contributed by atoms with Gasteiger partial charge in [0.15, 0.2) is 0 Å². The van der Waals surface area contributed by atoms with Crippen molar-refractivity contribution in [3.05, 3.63) is 70.5 Å². The molecule has 0 bridgehead atoms. The van der Waals surface area contributed by atoms with Gasteiger partial charge in [-0.15, -0.1) is 0 Å². The van der Waals surface area contributed by atoms with Crippen LogP contribution in [0, 0.1) is 11.7 Å². The lowest BCUT2D eigenvalue weighted by atomic mass is 9.94. The minimum Gasteiger partial charge on any atom is -0.341 e. The second kappa shape index (κ2) is 8.53. The van der Waals surface area contributed by atoms with Gasteiger partial charge in [0.1, 0.15) is 5.82 Å². The van der Waals surface area contributed by atoms with E-state index < -0.39 is 0 Å². The average molecular weight is 389 g/mol. The van der Waals surface area contributed by atoms with Crippen LogP contribution in [0.5, 0.6) is 0 Å². The maximum atomic E-state index is 13.8. The first-order valence-electron chi connectivity index (χ1n) is 8.99. The van der Waals surface area contributed by atoms with E-state index in [0.717, 1.165) is 0 Å². The largest absolute Gasteiger partial charge is 0.341 e. The van der Waals surface area contributed by atoms with E-state index in [2.05, 4.69) is 0 Å². The lowest BCUT2D eigenvalue weighted by Gasteiger charge is -2.33. The average Bonchev–Trinajstić information content (AvgIpc) is 2.69. The van der Waals surface area contributed by atoms with E-state index in [1.807, 2.05) is 0 Å². The summed E-state index contributed by atoms with van der Waals surface area (Å²) < 4.78 is 13.8. The number of halogens is 2. The summed E-state index contributed by atoms with van der Waals surface area (Å²) in [6, 6.07) is 13.3. The maximum Gasteiger partial charge on any atom is 0.253 e. The van der Waals surface area contributed by atoms with Crippen molar-refractivity contribution in [2.24, 2.45) is 5.92 Å². The predicted molar refractivity (Wildman–Crippen MR) is 103 cm³/mol. The molecule has 1 fully saturated rings. The van der Waals surface area contributed by atoms with Crippen molar-refractivity contribution in [1.29, 1.82) is 0 Å². The summed E-state index contributed by atoms with van der Waals surface area (Å²) in [5.41, 5.74) is 1.10. The third kappa shape index (κ3) is 4.66. The summed E-state index contributed by atoms with van der Waals surface area (Å²) in [7, 11) is 1.69. The van der Waals surface area contributed by atoms with Gasteiger partial charge in [-0.05, 0) is 43.2 Å². The van der Waals surface area contributed by atoms with E-state index in [4.69, 9.17) is 11.6 Å². The molecule has 142 valence electrons. The summed E-state index contributed by atoms with van der Waals surface area (Å²) >= 11 is 5.86. The third-order valence-electron chi connectivity index (χ3n) is 4.96. The van der Waals surface area contributed by atoms with E-state index in [0.29, 0.717) is 42.1 Å². The molecule has 0 aliphatic carbocycles. The quantitative estimate of drug-likeness (QED) is 0.794. The molecule has 1 aliphatic rings. The van der Waals surface area contributed by atoms with Gasteiger partial charge in [-0.25, -0.2) is 4.39 Å². The van der Waals surface area contributed by atoms with Crippen molar-refractivity contribution < 1.29 is 14.0 Å². The van der Waals surface area contributed by atoms with E-state index in [-0.39, 0.29) is 30.1 Å². The second-order valence-corrected chi connectivity index (χ2v) is 7.30. The first-order valence-corrected chi connectivity index (χ1v) is 9.36.